The van der Waals surface area contributed by atoms with Gasteiger partial charge in [-0.3, -0.25) is 0 Å². The fourth-order valence-corrected chi connectivity index (χ4v) is 7.39. The standard InChI is InChI=1S/C29H38ClN3O5S/c30-24-11-8-23-19-38-28-13-10-21-17-27(28)33(14-4-3-6-20(23)16-24)18-22-9-12-25(22)26(31-35)7-2-1-5-15-39(36,37)32-29(21)34/h8,10-11,13,16-17,22,25,29,32,34-35H,1-7,9,12,14-15,18-19H2/b31-26+/t22-,25+,29?/m0/s1. The van der Waals surface area contributed by atoms with Gasteiger partial charge in [-0.15, -0.1) is 0 Å². The highest BCUT2D eigenvalue weighted by atomic mass is 35.5. The Morgan fingerprint density at radius 2 is 1.85 bits per heavy atom. The van der Waals surface area contributed by atoms with Gasteiger partial charge in [0.05, 0.1) is 17.2 Å². The number of oxime groups is 1. The molecule has 3 N–H and O–H groups in total. The van der Waals surface area contributed by atoms with E-state index in [2.05, 4.69) is 14.8 Å². The second-order valence-corrected chi connectivity index (χ2v) is 13.3. The number of rotatable bonds is 0. The predicted octanol–water partition coefficient (Wildman–Crippen LogP) is 5.40. The fraction of sp³-hybridized carbons (Fsp3) is 0.552. The minimum atomic E-state index is -3.67. The molecule has 0 saturated heterocycles. The molecule has 212 valence electrons. The monoisotopic (exact) mass is 575 g/mol. The van der Waals surface area contributed by atoms with E-state index in [9.17, 15) is 18.7 Å². The SMILES string of the molecule is O=S1(=O)CCCCC/C(=N\O)[C@@H]2CC[C@H]2CN2CCCCc3cc(Cl)ccc3COc3ccc(cc32)C(O)N1. The maximum Gasteiger partial charge on any atom is 0.214 e. The summed E-state index contributed by atoms with van der Waals surface area (Å²) in [6, 6.07) is 11.3. The quantitative estimate of drug-likeness (QED) is 0.286. The van der Waals surface area contributed by atoms with Crippen LogP contribution in [0, 0.1) is 11.8 Å². The summed E-state index contributed by atoms with van der Waals surface area (Å²) >= 11 is 6.29. The number of aliphatic hydroxyl groups is 1. The second-order valence-electron chi connectivity index (χ2n) is 11.0. The number of ether oxygens (including phenoxy) is 1. The molecule has 5 rings (SSSR count). The van der Waals surface area contributed by atoms with Crippen LogP contribution in [0.5, 0.6) is 5.75 Å². The number of anilines is 1. The Kier molecular flexibility index (Phi) is 9.01. The Morgan fingerprint density at radius 3 is 2.64 bits per heavy atom. The van der Waals surface area contributed by atoms with Crippen molar-refractivity contribution < 1.29 is 23.5 Å². The fourth-order valence-electron chi connectivity index (χ4n) is 6.02. The lowest BCUT2D eigenvalue weighted by Gasteiger charge is -2.41. The van der Waals surface area contributed by atoms with E-state index >= 15 is 0 Å². The molecule has 8 nitrogen and oxygen atoms in total. The molecular weight excluding hydrogens is 538 g/mol. The highest BCUT2D eigenvalue weighted by molar-refractivity contribution is 7.89. The average molecular weight is 576 g/mol. The number of sulfonamides is 1. The minimum absolute atomic E-state index is 0.0642. The van der Waals surface area contributed by atoms with Gasteiger partial charge in [0.2, 0.25) is 10.0 Å². The number of aliphatic hydroxyl groups excluding tert-OH is 1. The normalized spacial score (nSPS) is 27.3. The van der Waals surface area contributed by atoms with Crippen molar-refractivity contribution in [1.82, 2.24) is 4.72 Å². The first-order chi connectivity index (χ1) is 18.8. The van der Waals surface area contributed by atoms with Crippen LogP contribution in [-0.2, 0) is 23.1 Å². The minimum Gasteiger partial charge on any atom is -0.487 e. The zero-order valence-corrected chi connectivity index (χ0v) is 23.8. The van der Waals surface area contributed by atoms with Crippen molar-refractivity contribution in [2.45, 2.75) is 70.6 Å². The molecule has 3 aliphatic rings. The summed E-state index contributed by atoms with van der Waals surface area (Å²) in [5.41, 5.74) is 4.41. The number of aryl methyl sites for hydroxylation is 1. The Morgan fingerprint density at radius 1 is 1.00 bits per heavy atom. The van der Waals surface area contributed by atoms with Crippen molar-refractivity contribution in [3.63, 3.8) is 0 Å². The number of nitrogens with zero attached hydrogens (tertiary/aromatic N) is 2. The molecule has 0 spiro atoms. The predicted molar refractivity (Wildman–Crippen MR) is 153 cm³/mol. The van der Waals surface area contributed by atoms with Crippen molar-refractivity contribution in [3.8, 4) is 5.75 Å². The smallest absolute Gasteiger partial charge is 0.214 e. The van der Waals surface area contributed by atoms with Crippen LogP contribution in [-0.4, -0.2) is 43.3 Å². The van der Waals surface area contributed by atoms with Crippen molar-refractivity contribution in [2.75, 3.05) is 23.7 Å². The van der Waals surface area contributed by atoms with Gasteiger partial charge in [0.15, 0.2) is 0 Å². The number of benzene rings is 2. The highest BCUT2D eigenvalue weighted by Crippen LogP contribution is 2.41. The molecule has 1 saturated carbocycles. The van der Waals surface area contributed by atoms with Crippen LogP contribution in [0.1, 0.15) is 74.3 Å². The Balaban J connectivity index is 1.51. The lowest BCUT2D eigenvalue weighted by molar-refractivity contribution is 0.166. The molecule has 0 amide bonds. The molecule has 1 fully saturated rings. The number of nitrogens with one attached hydrogen (secondary N) is 1. The molecule has 39 heavy (non-hydrogen) atoms. The molecule has 2 aromatic carbocycles. The second kappa shape index (κ2) is 12.5. The van der Waals surface area contributed by atoms with Crippen LogP contribution in [0.4, 0.5) is 5.69 Å². The lowest BCUT2D eigenvalue weighted by Crippen LogP contribution is -2.42. The highest BCUT2D eigenvalue weighted by Gasteiger charge is 2.36. The van der Waals surface area contributed by atoms with E-state index in [4.69, 9.17) is 16.3 Å². The Bertz CT molecular complexity index is 1300. The van der Waals surface area contributed by atoms with Crippen LogP contribution in [0.2, 0.25) is 5.02 Å². The van der Waals surface area contributed by atoms with Gasteiger partial charge < -0.3 is 20.0 Å². The summed E-state index contributed by atoms with van der Waals surface area (Å²) in [5, 5.41) is 25.1. The maximum atomic E-state index is 12.7. The first kappa shape index (κ1) is 28.2. The van der Waals surface area contributed by atoms with E-state index < -0.39 is 16.3 Å². The van der Waals surface area contributed by atoms with Gasteiger partial charge in [0.25, 0.3) is 0 Å². The van der Waals surface area contributed by atoms with Gasteiger partial charge in [-0.25, -0.2) is 8.42 Å². The Labute approximate surface area is 236 Å². The third-order valence-electron chi connectivity index (χ3n) is 8.38. The van der Waals surface area contributed by atoms with Gasteiger partial charge in [0.1, 0.15) is 18.6 Å². The van der Waals surface area contributed by atoms with Crippen molar-refractivity contribution >= 4 is 33.0 Å². The molecular formula is C29H38ClN3O5S. The van der Waals surface area contributed by atoms with Crippen LogP contribution in [0.3, 0.4) is 0 Å². The molecule has 2 heterocycles. The van der Waals surface area contributed by atoms with Gasteiger partial charge in [-0.2, -0.15) is 4.72 Å². The molecule has 2 aromatic rings. The van der Waals surface area contributed by atoms with Crippen LogP contribution in [0.15, 0.2) is 41.6 Å². The number of hydrogen-bond acceptors (Lipinski definition) is 7. The molecule has 1 aliphatic carbocycles. The van der Waals surface area contributed by atoms with E-state index in [1.165, 1.54) is 5.56 Å². The van der Waals surface area contributed by atoms with Crippen molar-refractivity contribution in [2.24, 2.45) is 17.0 Å². The summed E-state index contributed by atoms with van der Waals surface area (Å²) in [4.78, 5) is 2.31. The molecule has 10 heteroatoms. The number of fused-ring (bicyclic) bond motifs is 3. The van der Waals surface area contributed by atoms with Crippen LogP contribution >= 0.6 is 11.6 Å². The van der Waals surface area contributed by atoms with E-state index in [-0.39, 0.29) is 11.7 Å². The number of hydrogen-bond donors (Lipinski definition) is 3. The zero-order valence-electron chi connectivity index (χ0n) is 22.2. The molecule has 0 aromatic heterocycles. The summed E-state index contributed by atoms with van der Waals surface area (Å²) in [6.45, 7) is 1.94. The third-order valence-corrected chi connectivity index (χ3v) is 10.0. The summed E-state index contributed by atoms with van der Waals surface area (Å²) < 4.78 is 34.2. The summed E-state index contributed by atoms with van der Waals surface area (Å²) in [7, 11) is -3.67. The first-order valence-corrected chi connectivity index (χ1v) is 16.0. The van der Waals surface area contributed by atoms with Crippen molar-refractivity contribution in [1.29, 1.82) is 0 Å². The molecule has 1 unspecified atom stereocenters. The van der Waals surface area contributed by atoms with Gasteiger partial charge in [0, 0.05) is 24.0 Å². The van der Waals surface area contributed by atoms with Gasteiger partial charge >= 0.3 is 0 Å². The van der Waals surface area contributed by atoms with E-state index in [0.717, 1.165) is 68.6 Å². The molecule has 2 bridgehead atoms. The lowest BCUT2D eigenvalue weighted by atomic mass is 9.69. The largest absolute Gasteiger partial charge is 0.487 e. The van der Waals surface area contributed by atoms with Crippen LogP contribution < -0.4 is 14.4 Å². The maximum absolute atomic E-state index is 12.7. The summed E-state index contributed by atoms with van der Waals surface area (Å²) in [6.07, 6.45) is 6.17. The van der Waals surface area contributed by atoms with Crippen LogP contribution in [0.25, 0.3) is 0 Å². The number of halogens is 1. The van der Waals surface area contributed by atoms with Gasteiger partial charge in [-0.1, -0.05) is 35.3 Å². The van der Waals surface area contributed by atoms with Crippen molar-refractivity contribution in [3.05, 3.63) is 58.1 Å². The molecule has 2 aliphatic heterocycles. The third kappa shape index (κ3) is 6.88. The van der Waals surface area contributed by atoms with E-state index in [1.807, 2.05) is 30.3 Å². The summed E-state index contributed by atoms with van der Waals surface area (Å²) in [5.74, 6) is 1.19. The first-order valence-electron chi connectivity index (χ1n) is 14.0. The average Bonchev–Trinajstić information content (AvgIpc) is 2.92. The molecule has 0 radical (unpaired) electrons. The van der Waals surface area contributed by atoms with E-state index in [0.29, 0.717) is 48.1 Å². The Hall–Kier alpha value is -2.33. The van der Waals surface area contributed by atoms with E-state index in [1.54, 1.807) is 6.07 Å². The van der Waals surface area contributed by atoms with Gasteiger partial charge in [-0.05, 0) is 98.2 Å². The topological polar surface area (TPSA) is 111 Å². The molecule has 3 atom stereocenters. The zero-order chi connectivity index (χ0) is 27.4.